The van der Waals surface area contributed by atoms with Crippen LogP contribution in [0.4, 0.5) is 5.69 Å². The van der Waals surface area contributed by atoms with Crippen LogP contribution in [0.5, 0.6) is 0 Å². The molecule has 6 heteroatoms. The van der Waals surface area contributed by atoms with Crippen LogP contribution in [0.15, 0.2) is 63.6 Å². The number of amides is 1. The van der Waals surface area contributed by atoms with Crippen LogP contribution < -0.4 is 5.32 Å². The molecule has 0 bridgehead atoms. The minimum Gasteiger partial charge on any atom is -0.441 e. The molecular formula is C18H14BrIN2O2. The number of carbonyl (C=O) groups is 1. The molecule has 3 rings (SSSR count). The maximum atomic E-state index is 12.0. The lowest BCUT2D eigenvalue weighted by Gasteiger charge is -2.04. The summed E-state index contributed by atoms with van der Waals surface area (Å²) in [6.45, 7) is 0. The Bertz CT molecular complexity index is 846. The van der Waals surface area contributed by atoms with E-state index in [1.807, 2.05) is 48.5 Å². The molecule has 0 saturated carbocycles. The number of nitrogens with zero attached hydrogens (tertiary/aromatic N) is 1. The first-order chi connectivity index (χ1) is 11.6. The summed E-state index contributed by atoms with van der Waals surface area (Å²) in [6.07, 6.45) is 2.47. The third-order valence-corrected chi connectivity index (χ3v) is 4.57. The highest BCUT2D eigenvalue weighted by atomic mass is 127. The summed E-state index contributed by atoms with van der Waals surface area (Å²) in [5, 5.41) is 2.87. The molecule has 1 heterocycles. The van der Waals surface area contributed by atoms with Crippen LogP contribution in [0, 0.1) is 3.57 Å². The number of nitrogens with one attached hydrogen (secondary N) is 1. The van der Waals surface area contributed by atoms with Gasteiger partial charge in [-0.2, -0.15) is 0 Å². The fourth-order valence-corrected chi connectivity index (χ4v) is 2.94. The average Bonchev–Trinajstić information content (AvgIpc) is 3.04. The lowest BCUT2D eigenvalue weighted by atomic mass is 10.2. The zero-order valence-electron chi connectivity index (χ0n) is 12.6. The summed E-state index contributed by atoms with van der Waals surface area (Å²) in [4.78, 5) is 16.3. The van der Waals surface area contributed by atoms with E-state index in [9.17, 15) is 4.79 Å². The first-order valence-electron chi connectivity index (χ1n) is 7.36. The van der Waals surface area contributed by atoms with Gasteiger partial charge in [-0.05, 0) is 59.0 Å². The first kappa shape index (κ1) is 17.2. The standard InChI is InChI=1S/C18H14BrIN2O2/c19-13-3-1-2-12(10-13)16-11-21-18(24-16)9-8-17(23)22-15-6-4-14(20)5-7-15/h1-7,10-11H,8-9H2,(H,22,23). The summed E-state index contributed by atoms with van der Waals surface area (Å²) in [5.74, 6) is 1.20. The van der Waals surface area contributed by atoms with Gasteiger partial charge in [0.15, 0.2) is 11.7 Å². The molecule has 3 aromatic rings. The van der Waals surface area contributed by atoms with Crippen molar-refractivity contribution in [2.75, 3.05) is 5.32 Å². The number of oxazole rings is 1. The Hall–Kier alpha value is -1.67. The van der Waals surface area contributed by atoms with E-state index in [-0.39, 0.29) is 5.91 Å². The van der Waals surface area contributed by atoms with Gasteiger partial charge >= 0.3 is 0 Å². The number of benzene rings is 2. The van der Waals surface area contributed by atoms with Gasteiger partial charge in [0, 0.05) is 32.1 Å². The van der Waals surface area contributed by atoms with Crippen LogP contribution in [0.25, 0.3) is 11.3 Å². The zero-order valence-corrected chi connectivity index (χ0v) is 16.4. The monoisotopic (exact) mass is 496 g/mol. The van der Waals surface area contributed by atoms with E-state index in [4.69, 9.17) is 4.42 Å². The van der Waals surface area contributed by atoms with Crippen molar-refractivity contribution in [3.05, 3.63) is 68.7 Å². The molecule has 0 fully saturated rings. The van der Waals surface area contributed by atoms with Crippen molar-refractivity contribution in [3.63, 3.8) is 0 Å². The van der Waals surface area contributed by atoms with Crippen LogP contribution in [-0.2, 0) is 11.2 Å². The maximum absolute atomic E-state index is 12.0. The van der Waals surface area contributed by atoms with E-state index in [0.29, 0.717) is 24.5 Å². The molecule has 0 aliphatic rings. The molecule has 4 nitrogen and oxygen atoms in total. The van der Waals surface area contributed by atoms with Gasteiger partial charge in [0.2, 0.25) is 5.91 Å². The van der Waals surface area contributed by atoms with E-state index in [1.165, 1.54) is 0 Å². The van der Waals surface area contributed by atoms with Gasteiger partial charge in [0.25, 0.3) is 0 Å². The minimum atomic E-state index is -0.0570. The van der Waals surface area contributed by atoms with Crippen LogP contribution in [0.3, 0.4) is 0 Å². The van der Waals surface area contributed by atoms with Crippen molar-refractivity contribution in [1.29, 1.82) is 0 Å². The summed E-state index contributed by atoms with van der Waals surface area (Å²) < 4.78 is 7.84. The second kappa shape index (κ2) is 7.94. The average molecular weight is 497 g/mol. The van der Waals surface area contributed by atoms with Gasteiger partial charge in [-0.15, -0.1) is 0 Å². The molecule has 1 aromatic heterocycles. The zero-order chi connectivity index (χ0) is 16.9. The molecule has 24 heavy (non-hydrogen) atoms. The van der Waals surface area contributed by atoms with Crippen molar-refractivity contribution < 1.29 is 9.21 Å². The molecular weight excluding hydrogens is 483 g/mol. The molecule has 2 aromatic carbocycles. The number of anilines is 1. The van der Waals surface area contributed by atoms with E-state index >= 15 is 0 Å². The van der Waals surface area contributed by atoms with Gasteiger partial charge in [-0.25, -0.2) is 4.98 Å². The number of halogens is 2. The maximum Gasteiger partial charge on any atom is 0.224 e. The predicted molar refractivity (Wildman–Crippen MR) is 106 cm³/mol. The molecule has 0 radical (unpaired) electrons. The SMILES string of the molecule is O=C(CCc1ncc(-c2cccc(Br)c2)o1)Nc1ccc(I)cc1. The Balaban J connectivity index is 1.57. The molecule has 0 aliphatic heterocycles. The second-order valence-electron chi connectivity index (χ2n) is 5.18. The molecule has 0 saturated heterocycles. The van der Waals surface area contributed by atoms with Gasteiger partial charge in [-0.1, -0.05) is 28.1 Å². The lowest BCUT2D eigenvalue weighted by Crippen LogP contribution is -2.12. The highest BCUT2D eigenvalue weighted by Gasteiger charge is 2.09. The van der Waals surface area contributed by atoms with Gasteiger partial charge < -0.3 is 9.73 Å². The fourth-order valence-electron chi connectivity index (χ4n) is 2.18. The van der Waals surface area contributed by atoms with E-state index in [0.717, 1.165) is 19.3 Å². The summed E-state index contributed by atoms with van der Waals surface area (Å²) in [7, 11) is 0. The van der Waals surface area contributed by atoms with Gasteiger partial charge in [0.05, 0.1) is 6.20 Å². The van der Waals surface area contributed by atoms with Gasteiger partial charge in [-0.3, -0.25) is 4.79 Å². The summed E-state index contributed by atoms with van der Waals surface area (Å²) in [6, 6.07) is 15.5. The Morgan fingerprint density at radius 1 is 1.21 bits per heavy atom. The second-order valence-corrected chi connectivity index (χ2v) is 7.34. The van der Waals surface area contributed by atoms with E-state index in [1.54, 1.807) is 6.20 Å². The molecule has 1 N–H and O–H groups in total. The fraction of sp³-hybridized carbons (Fsp3) is 0.111. The number of hydrogen-bond acceptors (Lipinski definition) is 3. The summed E-state index contributed by atoms with van der Waals surface area (Å²) in [5.41, 5.74) is 1.74. The van der Waals surface area contributed by atoms with E-state index < -0.39 is 0 Å². The Morgan fingerprint density at radius 2 is 2.00 bits per heavy atom. The van der Waals surface area contributed by atoms with Crippen LogP contribution in [-0.4, -0.2) is 10.9 Å². The highest BCUT2D eigenvalue weighted by molar-refractivity contribution is 14.1. The van der Waals surface area contributed by atoms with E-state index in [2.05, 4.69) is 48.8 Å². The van der Waals surface area contributed by atoms with Gasteiger partial charge in [0.1, 0.15) is 0 Å². The molecule has 1 amide bonds. The lowest BCUT2D eigenvalue weighted by molar-refractivity contribution is -0.116. The topological polar surface area (TPSA) is 55.1 Å². The van der Waals surface area contributed by atoms with Crippen molar-refractivity contribution in [3.8, 4) is 11.3 Å². The third-order valence-electron chi connectivity index (χ3n) is 3.36. The minimum absolute atomic E-state index is 0.0570. The highest BCUT2D eigenvalue weighted by Crippen LogP contribution is 2.24. The quantitative estimate of drug-likeness (QED) is 0.489. The molecule has 122 valence electrons. The number of aryl methyl sites for hydroxylation is 1. The van der Waals surface area contributed by atoms with Crippen molar-refractivity contribution in [2.45, 2.75) is 12.8 Å². The van der Waals surface area contributed by atoms with Crippen LogP contribution in [0.2, 0.25) is 0 Å². The smallest absolute Gasteiger partial charge is 0.224 e. The van der Waals surface area contributed by atoms with Crippen molar-refractivity contribution >= 4 is 50.1 Å². The largest absolute Gasteiger partial charge is 0.441 e. The normalized spacial score (nSPS) is 10.6. The molecule has 0 aliphatic carbocycles. The Labute approximate surface area is 161 Å². The van der Waals surface area contributed by atoms with Crippen molar-refractivity contribution in [1.82, 2.24) is 4.98 Å². The van der Waals surface area contributed by atoms with Crippen LogP contribution >= 0.6 is 38.5 Å². The number of carbonyl (C=O) groups excluding carboxylic acids is 1. The number of aromatic nitrogens is 1. The number of hydrogen-bond donors (Lipinski definition) is 1. The molecule has 0 atom stereocenters. The first-order valence-corrected chi connectivity index (χ1v) is 9.23. The summed E-state index contributed by atoms with van der Waals surface area (Å²) >= 11 is 5.66. The Morgan fingerprint density at radius 3 is 2.75 bits per heavy atom. The predicted octanol–water partition coefficient (Wildman–Crippen LogP) is 5.28. The molecule has 0 spiro atoms. The molecule has 0 unspecified atom stereocenters. The van der Waals surface area contributed by atoms with Crippen LogP contribution in [0.1, 0.15) is 12.3 Å². The third kappa shape index (κ3) is 4.67. The Kier molecular flexibility index (Phi) is 5.68. The van der Waals surface area contributed by atoms with Crippen molar-refractivity contribution in [2.24, 2.45) is 0 Å². The number of rotatable bonds is 5.